The van der Waals surface area contributed by atoms with Gasteiger partial charge in [0.25, 0.3) is 0 Å². The second-order valence-electron chi connectivity index (χ2n) is 3.95. The molecule has 0 amide bonds. The number of hydrogen-bond donors (Lipinski definition) is 0. The fraction of sp³-hybridized carbons (Fsp3) is 0.308. The summed E-state index contributed by atoms with van der Waals surface area (Å²) in [6.07, 6.45) is 1.95. The molecule has 0 aromatic heterocycles. The molecule has 0 fully saturated rings. The van der Waals surface area contributed by atoms with Gasteiger partial charge in [-0.3, -0.25) is 0 Å². The zero-order chi connectivity index (χ0) is 10.1. The molecule has 0 spiro atoms. The van der Waals surface area contributed by atoms with Crippen molar-refractivity contribution in [2.75, 3.05) is 18.0 Å². The van der Waals surface area contributed by atoms with E-state index in [-0.39, 0.29) is 18.9 Å². The number of rotatable bonds is 2. The number of benzene rings is 1. The van der Waals surface area contributed by atoms with Gasteiger partial charge in [0.15, 0.2) is 0 Å². The summed E-state index contributed by atoms with van der Waals surface area (Å²) >= 11 is 0. The van der Waals surface area contributed by atoms with Crippen molar-refractivity contribution in [3.05, 3.63) is 48.9 Å². The number of nitrogens with zero attached hydrogens (tertiary/aromatic N) is 1. The summed E-state index contributed by atoms with van der Waals surface area (Å²) in [4.78, 5) is 2.33. The Morgan fingerprint density at radius 3 is 3.00 bits per heavy atom. The normalized spacial score (nSPS) is 18.3. The SMILES string of the molecule is C=CCN1CC([CH2-])c2cc(C)ccc21.[Li+]. The van der Waals surface area contributed by atoms with E-state index in [4.69, 9.17) is 0 Å². The molecule has 1 nitrogen and oxygen atoms in total. The Morgan fingerprint density at radius 1 is 1.60 bits per heavy atom. The van der Waals surface area contributed by atoms with Crippen LogP contribution >= 0.6 is 0 Å². The Bertz CT molecular complexity index is 360. The van der Waals surface area contributed by atoms with Crippen LogP contribution in [0.1, 0.15) is 17.0 Å². The third-order valence-corrected chi connectivity index (χ3v) is 2.75. The van der Waals surface area contributed by atoms with Crippen LogP contribution in [-0.2, 0) is 0 Å². The van der Waals surface area contributed by atoms with Gasteiger partial charge in [0.1, 0.15) is 0 Å². The molecule has 1 aromatic rings. The maximum atomic E-state index is 4.18. The maximum Gasteiger partial charge on any atom is 1.00 e. The maximum absolute atomic E-state index is 4.18. The van der Waals surface area contributed by atoms with E-state index in [0.717, 1.165) is 13.1 Å². The van der Waals surface area contributed by atoms with E-state index in [1.54, 1.807) is 0 Å². The summed E-state index contributed by atoms with van der Waals surface area (Å²) in [7, 11) is 0. The number of fused-ring (bicyclic) bond motifs is 1. The summed E-state index contributed by atoms with van der Waals surface area (Å²) in [5.74, 6) is 0.407. The van der Waals surface area contributed by atoms with Crippen LogP contribution in [0.5, 0.6) is 0 Å². The standard InChI is InChI=1S/C13H16N.Li/c1-4-7-14-9-11(3)12-8-10(2)5-6-13(12)14;/h4-6,8,11H,1,3,7,9H2,2H3;/q-1;+1. The fourth-order valence-electron chi connectivity index (χ4n) is 2.08. The first-order valence-electron chi connectivity index (χ1n) is 5.02. The Labute approximate surface area is 104 Å². The van der Waals surface area contributed by atoms with Crippen molar-refractivity contribution in [1.29, 1.82) is 0 Å². The van der Waals surface area contributed by atoms with Crippen LogP contribution in [0.2, 0.25) is 0 Å². The molecular weight excluding hydrogens is 177 g/mol. The summed E-state index contributed by atoms with van der Waals surface area (Å²) in [5, 5.41) is 0. The molecule has 2 heteroatoms. The second-order valence-corrected chi connectivity index (χ2v) is 3.95. The van der Waals surface area contributed by atoms with Crippen molar-refractivity contribution in [3.63, 3.8) is 0 Å². The number of aryl methyl sites for hydroxylation is 1. The molecule has 1 aliphatic heterocycles. The predicted molar refractivity (Wildman–Crippen MR) is 61.7 cm³/mol. The van der Waals surface area contributed by atoms with E-state index in [1.807, 2.05) is 6.08 Å². The van der Waals surface area contributed by atoms with Gasteiger partial charge < -0.3 is 11.8 Å². The average Bonchev–Trinajstić information content (AvgIpc) is 2.44. The van der Waals surface area contributed by atoms with Crippen LogP contribution in [0.3, 0.4) is 0 Å². The van der Waals surface area contributed by atoms with E-state index >= 15 is 0 Å². The van der Waals surface area contributed by atoms with Gasteiger partial charge >= 0.3 is 18.9 Å². The zero-order valence-corrected chi connectivity index (χ0v) is 9.66. The molecular formula is C13H16LiN. The molecule has 1 atom stereocenters. The van der Waals surface area contributed by atoms with Crippen molar-refractivity contribution >= 4 is 5.69 Å². The smallest absolute Gasteiger partial charge is 0.370 e. The van der Waals surface area contributed by atoms with Crippen molar-refractivity contribution in [2.45, 2.75) is 12.8 Å². The largest absolute Gasteiger partial charge is 1.00 e. The van der Waals surface area contributed by atoms with Gasteiger partial charge in [-0.25, -0.2) is 0 Å². The summed E-state index contributed by atoms with van der Waals surface area (Å²) in [6, 6.07) is 6.60. The minimum atomic E-state index is 0. The predicted octanol–water partition coefficient (Wildman–Crippen LogP) is -0.0773. The third kappa shape index (κ3) is 2.30. The van der Waals surface area contributed by atoms with Gasteiger partial charge in [-0.15, -0.1) is 12.5 Å². The Hall–Kier alpha value is -0.643. The van der Waals surface area contributed by atoms with E-state index < -0.39 is 0 Å². The second kappa shape index (κ2) is 4.92. The molecule has 0 N–H and O–H groups in total. The number of hydrogen-bond acceptors (Lipinski definition) is 1. The minimum absolute atomic E-state index is 0. The van der Waals surface area contributed by atoms with Crippen molar-refractivity contribution in [1.82, 2.24) is 0 Å². The fourth-order valence-corrected chi connectivity index (χ4v) is 2.08. The topological polar surface area (TPSA) is 3.24 Å². The Kier molecular flexibility index (Phi) is 4.08. The molecule has 1 unspecified atom stereocenters. The molecule has 1 heterocycles. The molecule has 1 aromatic carbocycles. The minimum Gasteiger partial charge on any atom is -0.370 e. The van der Waals surface area contributed by atoms with E-state index in [0.29, 0.717) is 5.92 Å². The third-order valence-electron chi connectivity index (χ3n) is 2.75. The van der Waals surface area contributed by atoms with Crippen LogP contribution in [0.15, 0.2) is 30.9 Å². The van der Waals surface area contributed by atoms with E-state index in [2.05, 4.69) is 43.5 Å². The molecule has 0 saturated carbocycles. The van der Waals surface area contributed by atoms with Gasteiger partial charge in [0.2, 0.25) is 0 Å². The zero-order valence-electron chi connectivity index (χ0n) is 9.66. The summed E-state index contributed by atoms with van der Waals surface area (Å²) < 4.78 is 0. The summed E-state index contributed by atoms with van der Waals surface area (Å²) in [6.45, 7) is 12.0. The molecule has 0 radical (unpaired) electrons. The van der Waals surface area contributed by atoms with Crippen molar-refractivity contribution in [3.8, 4) is 0 Å². The molecule has 0 bridgehead atoms. The molecule has 0 saturated heterocycles. The number of anilines is 1. The Balaban J connectivity index is 0.00000112. The van der Waals surface area contributed by atoms with E-state index in [9.17, 15) is 0 Å². The molecule has 15 heavy (non-hydrogen) atoms. The van der Waals surface area contributed by atoms with Gasteiger partial charge in [-0.1, -0.05) is 23.8 Å². The van der Waals surface area contributed by atoms with Gasteiger partial charge in [0, 0.05) is 12.2 Å². The van der Waals surface area contributed by atoms with Gasteiger partial charge in [-0.05, 0) is 25.1 Å². The molecule has 74 valence electrons. The first-order chi connectivity index (χ1) is 6.72. The van der Waals surface area contributed by atoms with Crippen LogP contribution in [-0.4, -0.2) is 13.1 Å². The van der Waals surface area contributed by atoms with Crippen molar-refractivity contribution in [2.24, 2.45) is 0 Å². The molecule has 0 aliphatic carbocycles. The average molecular weight is 193 g/mol. The van der Waals surface area contributed by atoms with Gasteiger partial charge in [-0.2, -0.15) is 0 Å². The van der Waals surface area contributed by atoms with Crippen LogP contribution in [0.4, 0.5) is 5.69 Å². The quantitative estimate of drug-likeness (QED) is 0.361. The van der Waals surface area contributed by atoms with Crippen LogP contribution in [0.25, 0.3) is 0 Å². The van der Waals surface area contributed by atoms with Crippen LogP contribution in [0, 0.1) is 13.8 Å². The van der Waals surface area contributed by atoms with Crippen LogP contribution < -0.4 is 23.8 Å². The Morgan fingerprint density at radius 2 is 2.33 bits per heavy atom. The monoisotopic (exact) mass is 193 g/mol. The summed E-state index contributed by atoms with van der Waals surface area (Å²) in [5.41, 5.74) is 4.03. The molecule has 2 rings (SSSR count). The molecule has 1 aliphatic rings. The van der Waals surface area contributed by atoms with E-state index in [1.165, 1.54) is 16.8 Å². The first kappa shape index (κ1) is 12.4. The van der Waals surface area contributed by atoms with Crippen molar-refractivity contribution < 1.29 is 18.9 Å². The first-order valence-corrected chi connectivity index (χ1v) is 5.02. The van der Waals surface area contributed by atoms with Gasteiger partial charge in [0.05, 0.1) is 0 Å².